The third kappa shape index (κ3) is 2.98. The second-order valence-corrected chi connectivity index (χ2v) is 6.56. The van der Waals surface area contributed by atoms with E-state index in [9.17, 15) is 5.11 Å². The largest absolute Gasteiger partial charge is 0.495 e. The van der Waals surface area contributed by atoms with E-state index >= 15 is 0 Å². The van der Waals surface area contributed by atoms with Gasteiger partial charge >= 0.3 is 0 Å². The number of methoxy groups -OCH3 is 1. The lowest BCUT2D eigenvalue weighted by molar-refractivity contribution is 0.0324. The van der Waals surface area contributed by atoms with Crippen LogP contribution in [0.1, 0.15) is 11.3 Å². The summed E-state index contributed by atoms with van der Waals surface area (Å²) in [5.74, 6) is 1.22. The van der Waals surface area contributed by atoms with E-state index in [1.807, 2.05) is 47.9 Å². The first kappa shape index (κ1) is 16.4. The number of hydrogen-bond donors (Lipinski definition) is 3. The van der Waals surface area contributed by atoms with Gasteiger partial charge in [0.15, 0.2) is 10.9 Å². The number of hydrogen-bond acceptors (Lipinski definition) is 7. The average Bonchev–Trinajstić information content (AvgIpc) is 3.11. The Labute approximate surface area is 154 Å². The number of para-hydroxylation sites is 3. The van der Waals surface area contributed by atoms with Crippen LogP contribution in [0, 0.1) is 0 Å². The van der Waals surface area contributed by atoms with Crippen molar-refractivity contribution in [3.8, 4) is 11.5 Å². The Kier molecular flexibility index (Phi) is 4.24. The summed E-state index contributed by atoms with van der Waals surface area (Å²) >= 11 is 1.43. The molecule has 1 unspecified atom stereocenters. The van der Waals surface area contributed by atoms with Crippen LogP contribution >= 0.6 is 11.3 Å². The molecular weight excluding hydrogens is 350 g/mol. The molecule has 0 spiro atoms. The molecule has 6 nitrogen and oxygen atoms in total. The monoisotopic (exact) mass is 367 g/mol. The zero-order valence-corrected chi connectivity index (χ0v) is 14.8. The van der Waals surface area contributed by atoms with E-state index in [-0.39, 0.29) is 0 Å². The van der Waals surface area contributed by atoms with Gasteiger partial charge in [0.1, 0.15) is 5.75 Å². The number of aliphatic hydroxyl groups is 1. The van der Waals surface area contributed by atoms with Crippen LogP contribution in [0.15, 0.2) is 47.8 Å². The van der Waals surface area contributed by atoms with Gasteiger partial charge in [0, 0.05) is 16.5 Å². The number of nitrogen functional groups attached to an aromatic ring is 1. The minimum Gasteiger partial charge on any atom is -0.495 e. The minimum atomic E-state index is -1.12. The predicted octanol–water partition coefficient (Wildman–Crippen LogP) is 3.73. The minimum absolute atomic E-state index is 0.492. The standard InChI is InChI=1S/C19H17N3O3S/c1-24-16-8-3-2-7-14(16)21-19-22-15(10-26-19)12-9-11-5-4-6-13(20)17(11)25-18(12)23/h2-10,18,23H,20H2,1H3,(H,21,22). The zero-order valence-electron chi connectivity index (χ0n) is 14.0. The molecule has 0 radical (unpaired) electrons. The molecule has 4 N–H and O–H groups in total. The summed E-state index contributed by atoms with van der Waals surface area (Å²) in [6.07, 6.45) is 0.732. The van der Waals surface area contributed by atoms with Gasteiger partial charge in [-0.3, -0.25) is 0 Å². The highest BCUT2D eigenvalue weighted by Crippen LogP contribution is 2.38. The fourth-order valence-corrected chi connectivity index (χ4v) is 3.50. The SMILES string of the molecule is COc1ccccc1Nc1nc(C2=Cc3cccc(N)c3OC2O)cs1. The number of ether oxygens (including phenoxy) is 2. The van der Waals surface area contributed by atoms with Crippen LogP contribution in [0.4, 0.5) is 16.5 Å². The second kappa shape index (κ2) is 6.70. The van der Waals surface area contributed by atoms with Crippen molar-refractivity contribution in [2.75, 3.05) is 18.2 Å². The van der Waals surface area contributed by atoms with Gasteiger partial charge in [-0.05, 0) is 24.3 Å². The Bertz CT molecular complexity index is 984. The first-order valence-electron chi connectivity index (χ1n) is 7.96. The number of rotatable bonds is 4. The molecule has 1 aliphatic heterocycles. The molecule has 7 heteroatoms. The van der Waals surface area contributed by atoms with Crippen molar-refractivity contribution in [1.82, 2.24) is 4.98 Å². The van der Waals surface area contributed by atoms with Crippen molar-refractivity contribution in [2.24, 2.45) is 0 Å². The Hall–Kier alpha value is -3.03. The fourth-order valence-electron chi connectivity index (χ4n) is 2.76. The van der Waals surface area contributed by atoms with E-state index in [4.69, 9.17) is 15.2 Å². The average molecular weight is 367 g/mol. The van der Waals surface area contributed by atoms with Gasteiger partial charge in [0.25, 0.3) is 0 Å². The topological polar surface area (TPSA) is 89.6 Å². The first-order valence-corrected chi connectivity index (χ1v) is 8.84. The van der Waals surface area contributed by atoms with Crippen LogP contribution in [0.25, 0.3) is 11.6 Å². The number of aliphatic hydroxyl groups excluding tert-OH is 1. The van der Waals surface area contributed by atoms with Gasteiger partial charge in [0.05, 0.1) is 24.2 Å². The van der Waals surface area contributed by atoms with Crippen molar-refractivity contribution < 1.29 is 14.6 Å². The number of nitrogens with one attached hydrogen (secondary N) is 1. The van der Waals surface area contributed by atoms with Crippen LogP contribution in [0.2, 0.25) is 0 Å². The van der Waals surface area contributed by atoms with Crippen molar-refractivity contribution in [2.45, 2.75) is 6.29 Å². The molecule has 132 valence electrons. The highest BCUT2D eigenvalue weighted by Gasteiger charge is 2.25. The Morgan fingerprint density at radius 2 is 2.08 bits per heavy atom. The summed E-state index contributed by atoms with van der Waals surface area (Å²) < 4.78 is 10.9. The van der Waals surface area contributed by atoms with Crippen molar-refractivity contribution in [3.63, 3.8) is 0 Å². The second-order valence-electron chi connectivity index (χ2n) is 5.70. The van der Waals surface area contributed by atoms with Gasteiger partial charge in [-0.15, -0.1) is 11.3 Å². The summed E-state index contributed by atoms with van der Waals surface area (Å²) in [6, 6.07) is 13.1. The molecule has 0 amide bonds. The van der Waals surface area contributed by atoms with Crippen LogP contribution in [-0.4, -0.2) is 23.5 Å². The normalized spacial score (nSPS) is 15.6. The van der Waals surface area contributed by atoms with Crippen LogP contribution in [-0.2, 0) is 0 Å². The molecular formula is C19H17N3O3S. The number of nitrogens with two attached hydrogens (primary N) is 1. The number of fused-ring (bicyclic) bond motifs is 1. The summed E-state index contributed by atoms with van der Waals surface area (Å²) in [4.78, 5) is 4.56. The van der Waals surface area contributed by atoms with Crippen LogP contribution in [0.3, 0.4) is 0 Å². The molecule has 2 aromatic carbocycles. The molecule has 0 saturated heterocycles. The van der Waals surface area contributed by atoms with E-state index < -0.39 is 6.29 Å². The predicted molar refractivity (Wildman–Crippen MR) is 104 cm³/mol. The molecule has 0 bridgehead atoms. The Morgan fingerprint density at radius 3 is 2.92 bits per heavy atom. The number of thiazole rings is 1. The summed E-state index contributed by atoms with van der Waals surface area (Å²) in [5, 5.41) is 16.2. The highest BCUT2D eigenvalue weighted by molar-refractivity contribution is 7.13. The van der Waals surface area contributed by atoms with E-state index in [1.165, 1.54) is 11.3 Å². The van der Waals surface area contributed by atoms with Crippen molar-refractivity contribution >= 4 is 39.5 Å². The van der Waals surface area contributed by atoms with E-state index in [0.29, 0.717) is 27.8 Å². The third-order valence-corrected chi connectivity index (χ3v) is 4.79. The quantitative estimate of drug-likeness (QED) is 0.609. The molecule has 26 heavy (non-hydrogen) atoms. The van der Waals surface area contributed by atoms with Gasteiger partial charge in [-0.1, -0.05) is 24.3 Å². The van der Waals surface area contributed by atoms with Gasteiger partial charge in [-0.2, -0.15) is 0 Å². The summed E-state index contributed by atoms with van der Waals surface area (Å²) in [7, 11) is 1.62. The van der Waals surface area contributed by atoms with E-state index in [1.54, 1.807) is 13.2 Å². The number of benzene rings is 2. The lowest BCUT2D eigenvalue weighted by atomic mass is 10.0. The fraction of sp³-hybridized carbons (Fsp3) is 0.105. The lowest BCUT2D eigenvalue weighted by Gasteiger charge is -2.23. The maximum absolute atomic E-state index is 10.4. The maximum Gasteiger partial charge on any atom is 0.226 e. The molecule has 1 aromatic heterocycles. The summed E-state index contributed by atoms with van der Waals surface area (Å²) in [6.45, 7) is 0. The molecule has 1 aliphatic rings. The molecule has 3 aromatic rings. The molecule has 0 aliphatic carbocycles. The number of anilines is 3. The van der Waals surface area contributed by atoms with Crippen LogP contribution < -0.4 is 20.5 Å². The number of aromatic nitrogens is 1. The van der Waals surface area contributed by atoms with E-state index in [0.717, 1.165) is 17.0 Å². The molecule has 4 rings (SSSR count). The number of nitrogens with zero attached hydrogens (tertiary/aromatic N) is 1. The van der Waals surface area contributed by atoms with Gasteiger partial charge < -0.3 is 25.6 Å². The molecule has 2 heterocycles. The first-order chi connectivity index (χ1) is 12.7. The van der Waals surface area contributed by atoms with E-state index in [2.05, 4.69) is 10.3 Å². The molecule has 1 atom stereocenters. The van der Waals surface area contributed by atoms with Crippen molar-refractivity contribution in [1.29, 1.82) is 0 Å². The molecule has 0 fully saturated rings. The van der Waals surface area contributed by atoms with Gasteiger partial charge in [0.2, 0.25) is 6.29 Å². The lowest BCUT2D eigenvalue weighted by Crippen LogP contribution is -2.22. The van der Waals surface area contributed by atoms with Gasteiger partial charge in [-0.25, -0.2) is 4.98 Å². The maximum atomic E-state index is 10.4. The summed E-state index contributed by atoms with van der Waals surface area (Å²) in [5.41, 5.74) is 9.27. The Balaban J connectivity index is 1.64. The van der Waals surface area contributed by atoms with Crippen molar-refractivity contribution in [3.05, 3.63) is 59.1 Å². The van der Waals surface area contributed by atoms with Crippen LogP contribution in [0.5, 0.6) is 11.5 Å². The zero-order chi connectivity index (χ0) is 18.1. The Morgan fingerprint density at radius 1 is 1.23 bits per heavy atom. The highest BCUT2D eigenvalue weighted by atomic mass is 32.1. The third-order valence-electron chi connectivity index (χ3n) is 4.03. The smallest absolute Gasteiger partial charge is 0.226 e. The molecule has 0 saturated carbocycles.